The van der Waals surface area contributed by atoms with E-state index >= 15 is 0 Å². The molecule has 0 bridgehead atoms. The van der Waals surface area contributed by atoms with Crippen molar-refractivity contribution >= 4 is 23.2 Å². The predicted octanol–water partition coefficient (Wildman–Crippen LogP) is 2.80. The highest BCUT2D eigenvalue weighted by atomic mass is 35.5. The zero-order valence-electron chi connectivity index (χ0n) is 11.6. The smallest absolute Gasteiger partial charge is 0.255 e. The van der Waals surface area contributed by atoms with E-state index in [0.717, 1.165) is 11.3 Å². The molecule has 20 heavy (non-hydrogen) atoms. The SMILES string of the molecule is Cc1noc(C)c1CN(C)C(=O)c1ccc(N)cc1Cl. The first-order valence-corrected chi connectivity index (χ1v) is 6.50. The second-order valence-electron chi connectivity index (χ2n) is 4.70. The fourth-order valence-electron chi connectivity index (χ4n) is 1.95. The summed E-state index contributed by atoms with van der Waals surface area (Å²) in [7, 11) is 1.71. The molecule has 2 N–H and O–H groups in total. The van der Waals surface area contributed by atoms with Gasteiger partial charge in [-0.3, -0.25) is 4.79 Å². The first-order valence-electron chi connectivity index (χ1n) is 6.12. The van der Waals surface area contributed by atoms with Crippen LogP contribution in [0.5, 0.6) is 0 Å². The largest absolute Gasteiger partial charge is 0.399 e. The maximum absolute atomic E-state index is 12.4. The molecule has 2 aromatic rings. The lowest BCUT2D eigenvalue weighted by atomic mass is 10.1. The number of aromatic nitrogens is 1. The molecule has 0 aliphatic heterocycles. The van der Waals surface area contributed by atoms with Crippen molar-refractivity contribution in [1.29, 1.82) is 0 Å². The van der Waals surface area contributed by atoms with Crippen LogP contribution in [-0.4, -0.2) is 23.0 Å². The monoisotopic (exact) mass is 293 g/mol. The zero-order chi connectivity index (χ0) is 14.9. The van der Waals surface area contributed by atoms with Crippen molar-refractivity contribution in [3.63, 3.8) is 0 Å². The number of hydrogen-bond acceptors (Lipinski definition) is 4. The van der Waals surface area contributed by atoms with Crippen LogP contribution in [-0.2, 0) is 6.54 Å². The Hall–Kier alpha value is -2.01. The molecule has 1 aromatic heterocycles. The van der Waals surface area contributed by atoms with Gasteiger partial charge in [0.25, 0.3) is 5.91 Å². The van der Waals surface area contributed by atoms with Crippen LogP contribution >= 0.6 is 11.6 Å². The number of aryl methyl sites for hydroxylation is 2. The first-order chi connectivity index (χ1) is 9.40. The van der Waals surface area contributed by atoms with Gasteiger partial charge in [0.15, 0.2) is 0 Å². The van der Waals surface area contributed by atoms with Crippen LogP contribution in [0.3, 0.4) is 0 Å². The molecule has 5 nitrogen and oxygen atoms in total. The van der Waals surface area contributed by atoms with Gasteiger partial charge in [-0.1, -0.05) is 16.8 Å². The molecule has 0 radical (unpaired) electrons. The van der Waals surface area contributed by atoms with Gasteiger partial charge in [0.05, 0.1) is 22.8 Å². The van der Waals surface area contributed by atoms with Crippen molar-refractivity contribution in [3.8, 4) is 0 Å². The van der Waals surface area contributed by atoms with E-state index in [1.807, 2.05) is 13.8 Å². The minimum Gasteiger partial charge on any atom is -0.399 e. The number of carbonyl (C=O) groups excluding carboxylic acids is 1. The average molecular weight is 294 g/mol. The Morgan fingerprint density at radius 2 is 2.15 bits per heavy atom. The molecule has 0 spiro atoms. The van der Waals surface area contributed by atoms with E-state index in [9.17, 15) is 4.79 Å². The first kappa shape index (κ1) is 14.4. The van der Waals surface area contributed by atoms with Gasteiger partial charge in [-0.15, -0.1) is 0 Å². The number of amides is 1. The molecule has 6 heteroatoms. The molecule has 0 atom stereocenters. The fourth-order valence-corrected chi connectivity index (χ4v) is 2.22. The summed E-state index contributed by atoms with van der Waals surface area (Å²) in [5.74, 6) is 0.542. The number of nitrogens with two attached hydrogens (primary N) is 1. The third-order valence-corrected chi connectivity index (χ3v) is 3.46. The lowest BCUT2D eigenvalue weighted by molar-refractivity contribution is 0.0784. The topological polar surface area (TPSA) is 72.4 Å². The second-order valence-corrected chi connectivity index (χ2v) is 5.11. The predicted molar refractivity (Wildman–Crippen MR) is 77.6 cm³/mol. The van der Waals surface area contributed by atoms with Gasteiger partial charge in [0.1, 0.15) is 5.76 Å². The van der Waals surface area contributed by atoms with Gasteiger partial charge in [0.2, 0.25) is 0 Å². The van der Waals surface area contributed by atoms with Crippen LogP contribution in [0.15, 0.2) is 22.7 Å². The van der Waals surface area contributed by atoms with Crippen molar-refractivity contribution in [3.05, 3.63) is 45.8 Å². The van der Waals surface area contributed by atoms with Crippen LogP contribution in [0.25, 0.3) is 0 Å². The number of nitrogen functional groups attached to an aromatic ring is 1. The lowest BCUT2D eigenvalue weighted by Gasteiger charge is -2.18. The van der Waals surface area contributed by atoms with Crippen LogP contribution in [0.1, 0.15) is 27.4 Å². The number of benzene rings is 1. The van der Waals surface area contributed by atoms with Gasteiger partial charge in [-0.25, -0.2) is 0 Å². The normalized spacial score (nSPS) is 10.6. The molecule has 2 rings (SSSR count). The summed E-state index contributed by atoms with van der Waals surface area (Å²) in [6.07, 6.45) is 0. The third kappa shape index (κ3) is 2.77. The van der Waals surface area contributed by atoms with Crippen LogP contribution in [0, 0.1) is 13.8 Å². The van der Waals surface area contributed by atoms with E-state index in [1.165, 1.54) is 0 Å². The Labute approximate surface area is 122 Å². The quantitative estimate of drug-likeness (QED) is 0.883. The molecular formula is C14H16ClN3O2. The minimum atomic E-state index is -0.171. The molecule has 1 amide bonds. The van der Waals surface area contributed by atoms with Crippen LogP contribution in [0.4, 0.5) is 5.69 Å². The lowest BCUT2D eigenvalue weighted by Crippen LogP contribution is -2.27. The molecule has 0 aliphatic carbocycles. The number of rotatable bonds is 3. The zero-order valence-corrected chi connectivity index (χ0v) is 12.4. The highest BCUT2D eigenvalue weighted by molar-refractivity contribution is 6.34. The van der Waals surface area contributed by atoms with Crippen molar-refractivity contribution in [2.45, 2.75) is 20.4 Å². The van der Waals surface area contributed by atoms with E-state index in [4.69, 9.17) is 21.9 Å². The number of hydrogen-bond donors (Lipinski definition) is 1. The van der Waals surface area contributed by atoms with E-state index in [0.29, 0.717) is 28.6 Å². The summed E-state index contributed by atoms with van der Waals surface area (Å²) in [4.78, 5) is 13.9. The summed E-state index contributed by atoms with van der Waals surface area (Å²) in [6, 6.07) is 4.85. The van der Waals surface area contributed by atoms with E-state index in [2.05, 4.69) is 5.16 Å². The highest BCUT2D eigenvalue weighted by Gasteiger charge is 2.18. The van der Waals surface area contributed by atoms with Gasteiger partial charge in [0, 0.05) is 18.3 Å². The van der Waals surface area contributed by atoms with Crippen molar-refractivity contribution < 1.29 is 9.32 Å². The van der Waals surface area contributed by atoms with Gasteiger partial charge in [-0.05, 0) is 32.0 Å². The Morgan fingerprint density at radius 1 is 1.45 bits per heavy atom. The third-order valence-electron chi connectivity index (χ3n) is 3.15. The summed E-state index contributed by atoms with van der Waals surface area (Å²) in [6.45, 7) is 4.09. The van der Waals surface area contributed by atoms with E-state index in [1.54, 1.807) is 30.1 Å². The Kier molecular flexibility index (Phi) is 3.99. The highest BCUT2D eigenvalue weighted by Crippen LogP contribution is 2.22. The van der Waals surface area contributed by atoms with Crippen LogP contribution in [0.2, 0.25) is 5.02 Å². The van der Waals surface area contributed by atoms with Gasteiger partial charge >= 0.3 is 0 Å². The molecular weight excluding hydrogens is 278 g/mol. The average Bonchev–Trinajstić information content (AvgIpc) is 2.70. The summed E-state index contributed by atoms with van der Waals surface area (Å²) in [5, 5.41) is 4.22. The van der Waals surface area contributed by atoms with Gasteiger partial charge in [-0.2, -0.15) is 0 Å². The number of anilines is 1. The molecule has 0 saturated carbocycles. The van der Waals surface area contributed by atoms with Gasteiger partial charge < -0.3 is 15.2 Å². The summed E-state index contributed by atoms with van der Waals surface area (Å²) >= 11 is 6.05. The Bertz CT molecular complexity index is 632. The Morgan fingerprint density at radius 3 is 2.70 bits per heavy atom. The van der Waals surface area contributed by atoms with Crippen LogP contribution < -0.4 is 5.73 Å². The number of nitrogens with zero attached hydrogens (tertiary/aromatic N) is 2. The maximum Gasteiger partial charge on any atom is 0.255 e. The Balaban J connectivity index is 2.21. The molecule has 0 saturated heterocycles. The minimum absolute atomic E-state index is 0.171. The fraction of sp³-hybridized carbons (Fsp3) is 0.286. The maximum atomic E-state index is 12.4. The summed E-state index contributed by atoms with van der Waals surface area (Å²) in [5.41, 5.74) is 8.27. The van der Waals surface area contributed by atoms with E-state index in [-0.39, 0.29) is 5.91 Å². The number of carbonyl (C=O) groups is 1. The standard InChI is InChI=1S/C14H16ClN3O2/c1-8-12(9(2)20-17-8)7-18(3)14(19)11-5-4-10(16)6-13(11)15/h4-6H,7,16H2,1-3H3. The summed E-state index contributed by atoms with van der Waals surface area (Å²) < 4.78 is 5.09. The molecule has 0 aliphatic rings. The molecule has 1 heterocycles. The molecule has 0 unspecified atom stereocenters. The number of halogens is 1. The molecule has 106 valence electrons. The van der Waals surface area contributed by atoms with Crippen molar-refractivity contribution in [2.24, 2.45) is 0 Å². The second kappa shape index (κ2) is 5.54. The molecule has 0 fully saturated rings. The van der Waals surface area contributed by atoms with Crippen molar-refractivity contribution in [1.82, 2.24) is 10.1 Å². The van der Waals surface area contributed by atoms with E-state index < -0.39 is 0 Å². The van der Waals surface area contributed by atoms with Crippen molar-refractivity contribution in [2.75, 3.05) is 12.8 Å². The molecule has 1 aromatic carbocycles.